The smallest absolute Gasteiger partial charge is 0.387 e. The maximum absolute atomic E-state index is 13.0. The molecule has 0 fully saturated rings. The second kappa shape index (κ2) is 53.5. The summed E-state index contributed by atoms with van der Waals surface area (Å²) >= 11 is 0. The van der Waals surface area contributed by atoms with Crippen LogP contribution in [-0.2, 0) is 18.4 Å². The fourth-order valence-corrected chi connectivity index (χ4v) is 9.99. The highest BCUT2D eigenvalue weighted by molar-refractivity contribution is 7.47. The van der Waals surface area contributed by atoms with Crippen molar-refractivity contribution in [1.29, 1.82) is 0 Å². The van der Waals surface area contributed by atoms with Crippen LogP contribution in [0.4, 0.5) is 0 Å². The number of nitrogens with one attached hydrogen (secondary N) is 1. The Morgan fingerprint density at radius 3 is 1.13 bits per heavy atom. The lowest BCUT2D eigenvalue weighted by Crippen LogP contribution is -2.45. The Kier molecular flexibility index (Phi) is 52.6. The van der Waals surface area contributed by atoms with Crippen molar-refractivity contribution in [3.05, 3.63) is 36.5 Å². The molecule has 3 unspecified atom stereocenters. The molecule has 0 saturated carbocycles. The highest BCUT2D eigenvalue weighted by atomic mass is 31.2. The Morgan fingerprint density at radius 1 is 0.465 bits per heavy atom. The predicted molar refractivity (Wildman–Crippen MR) is 309 cm³/mol. The highest BCUT2D eigenvalue weighted by Gasteiger charge is 2.27. The first-order chi connectivity index (χ1) is 34.5. The molecule has 0 rings (SSSR count). The Balaban J connectivity index is 4.22. The van der Waals surface area contributed by atoms with Gasteiger partial charge in [-0.25, -0.2) is 4.57 Å². The van der Waals surface area contributed by atoms with Gasteiger partial charge < -0.3 is 19.8 Å². The fourth-order valence-electron chi connectivity index (χ4n) is 9.25. The van der Waals surface area contributed by atoms with Crippen LogP contribution in [0.5, 0.6) is 0 Å². The van der Waals surface area contributed by atoms with Crippen LogP contribution in [0, 0.1) is 0 Å². The van der Waals surface area contributed by atoms with Gasteiger partial charge in [0.25, 0.3) is 0 Å². The molecule has 420 valence electrons. The van der Waals surface area contributed by atoms with Crippen molar-refractivity contribution in [2.24, 2.45) is 0 Å². The molecule has 0 aliphatic rings. The van der Waals surface area contributed by atoms with Crippen molar-refractivity contribution < 1.29 is 32.9 Å². The number of nitrogens with zero attached hydrogens (tertiary/aromatic N) is 1. The second-order valence-electron chi connectivity index (χ2n) is 22.4. The molecule has 9 heteroatoms. The number of carbonyl (C=O) groups excluding carboxylic acids is 1. The minimum absolute atomic E-state index is 0.0552. The van der Waals surface area contributed by atoms with E-state index in [1.54, 1.807) is 6.08 Å². The molecule has 0 radical (unpaired) electrons. The van der Waals surface area contributed by atoms with Gasteiger partial charge in [0.15, 0.2) is 0 Å². The number of rotatable bonds is 57. The number of quaternary nitrogens is 1. The van der Waals surface area contributed by atoms with Crippen molar-refractivity contribution in [1.82, 2.24) is 5.32 Å². The topological polar surface area (TPSA) is 105 Å². The third-order valence-corrected chi connectivity index (χ3v) is 15.1. The Bertz CT molecular complexity index is 1250. The average molecular weight is 1020 g/mol. The molecule has 3 N–H and O–H groups in total. The van der Waals surface area contributed by atoms with Crippen LogP contribution < -0.4 is 5.32 Å². The van der Waals surface area contributed by atoms with E-state index in [-0.39, 0.29) is 19.1 Å². The fraction of sp³-hybridized carbons (Fsp3) is 0.887. The van der Waals surface area contributed by atoms with Gasteiger partial charge in [0.1, 0.15) is 13.2 Å². The number of phosphoric acid groups is 1. The average Bonchev–Trinajstić information content (AvgIpc) is 3.33. The second-order valence-corrected chi connectivity index (χ2v) is 23.9. The zero-order valence-electron chi connectivity index (χ0n) is 48.0. The third-order valence-electron chi connectivity index (χ3n) is 14.1. The van der Waals surface area contributed by atoms with E-state index in [0.29, 0.717) is 17.4 Å². The van der Waals surface area contributed by atoms with E-state index in [1.807, 2.05) is 27.2 Å². The number of likely N-dealkylation sites (N-methyl/N-ethyl adjacent to an activating group) is 1. The van der Waals surface area contributed by atoms with E-state index in [1.165, 1.54) is 238 Å². The van der Waals surface area contributed by atoms with Gasteiger partial charge in [-0.05, 0) is 44.9 Å². The number of amides is 1. The monoisotopic (exact) mass is 1020 g/mol. The summed E-state index contributed by atoms with van der Waals surface area (Å²) in [5.74, 6) is -0.185. The number of phosphoric ester groups is 1. The van der Waals surface area contributed by atoms with E-state index >= 15 is 0 Å². The van der Waals surface area contributed by atoms with Crippen LogP contribution in [-0.4, -0.2) is 73.4 Å². The highest BCUT2D eigenvalue weighted by Crippen LogP contribution is 2.43. The number of allylic oxidation sites excluding steroid dienone is 5. The van der Waals surface area contributed by atoms with E-state index in [2.05, 4.69) is 43.5 Å². The number of hydrogen-bond donors (Lipinski definition) is 3. The molecule has 0 spiro atoms. The molecule has 0 bridgehead atoms. The summed E-state index contributed by atoms with van der Waals surface area (Å²) in [5.41, 5.74) is 0. The summed E-state index contributed by atoms with van der Waals surface area (Å²) in [5, 5.41) is 13.9. The number of aliphatic hydroxyl groups excluding tert-OH is 1. The van der Waals surface area contributed by atoms with Gasteiger partial charge in [-0.3, -0.25) is 13.8 Å². The standard InChI is InChI=1S/C62H121N2O6P/c1-6-8-10-12-14-16-18-20-22-24-26-28-30-31-32-34-35-37-39-41-43-45-47-49-51-53-55-61(65)60(59-70-71(67,68)69-58-57-64(3,4)5)63-62(66)56-54-52-50-48-46-44-42-40-38-36-33-29-27-25-23-21-19-17-15-13-11-9-7-2/h37,39,45,47,53,55,60-61,65H,6-36,38,40-44,46,48-52,54,56-59H2,1-5H3,(H-,63,66,67,68)/p+1/b39-37+,47-45+,55-53+. The molecule has 0 aromatic carbocycles. The molecule has 3 atom stereocenters. The summed E-state index contributed by atoms with van der Waals surface area (Å²) in [6, 6.07) is -0.868. The number of hydrogen-bond acceptors (Lipinski definition) is 5. The quantitative estimate of drug-likeness (QED) is 0.0243. The lowest BCUT2D eigenvalue weighted by atomic mass is 10.0. The van der Waals surface area contributed by atoms with Crippen LogP contribution in [0.25, 0.3) is 0 Å². The minimum Gasteiger partial charge on any atom is -0.387 e. The molecule has 0 aliphatic carbocycles. The SMILES string of the molecule is CCCCCCCCCCCCCCCCCC/C=C/CC/C=C/CC/C=C/C(O)C(COP(=O)(O)OCC[N+](C)(C)C)NC(=O)CCCCCCCCCCCCCCCCCCCCCCCCC. The van der Waals surface area contributed by atoms with Gasteiger partial charge in [0.05, 0.1) is 39.9 Å². The van der Waals surface area contributed by atoms with Crippen molar-refractivity contribution in [2.75, 3.05) is 40.9 Å². The summed E-state index contributed by atoms with van der Waals surface area (Å²) < 4.78 is 23.7. The van der Waals surface area contributed by atoms with Crippen LogP contribution in [0.3, 0.4) is 0 Å². The van der Waals surface area contributed by atoms with Crippen molar-refractivity contribution in [3.63, 3.8) is 0 Å². The zero-order chi connectivity index (χ0) is 52.0. The predicted octanol–water partition coefficient (Wildman–Crippen LogP) is 18.9. The summed E-state index contributed by atoms with van der Waals surface area (Å²) in [4.78, 5) is 23.3. The normalized spacial score (nSPS) is 14.1. The van der Waals surface area contributed by atoms with E-state index < -0.39 is 20.0 Å². The summed E-state index contributed by atoms with van der Waals surface area (Å²) in [6.07, 6.45) is 69.8. The van der Waals surface area contributed by atoms with Gasteiger partial charge in [-0.15, -0.1) is 0 Å². The molecule has 0 saturated heterocycles. The molecule has 0 heterocycles. The van der Waals surface area contributed by atoms with Gasteiger partial charge in [0.2, 0.25) is 5.91 Å². The van der Waals surface area contributed by atoms with E-state index in [4.69, 9.17) is 9.05 Å². The molecule has 0 aromatic rings. The first kappa shape index (κ1) is 69.7. The first-order valence-electron chi connectivity index (χ1n) is 30.9. The van der Waals surface area contributed by atoms with Gasteiger partial charge in [0, 0.05) is 6.42 Å². The van der Waals surface area contributed by atoms with Crippen LogP contribution in [0.2, 0.25) is 0 Å². The Morgan fingerprint density at radius 2 is 0.775 bits per heavy atom. The summed E-state index contributed by atoms with van der Waals surface area (Å²) in [7, 11) is 1.56. The largest absolute Gasteiger partial charge is 0.472 e. The van der Waals surface area contributed by atoms with Gasteiger partial charge in [-0.1, -0.05) is 288 Å². The van der Waals surface area contributed by atoms with Gasteiger partial charge >= 0.3 is 7.82 Å². The van der Waals surface area contributed by atoms with Crippen molar-refractivity contribution >= 4 is 13.7 Å². The van der Waals surface area contributed by atoms with Crippen molar-refractivity contribution in [2.45, 2.75) is 315 Å². The maximum atomic E-state index is 13.0. The van der Waals surface area contributed by atoms with Crippen LogP contribution >= 0.6 is 7.82 Å². The molecule has 0 aliphatic heterocycles. The zero-order valence-corrected chi connectivity index (χ0v) is 48.9. The molecular weight excluding hydrogens is 900 g/mol. The van der Waals surface area contributed by atoms with Crippen molar-refractivity contribution in [3.8, 4) is 0 Å². The molecule has 1 amide bonds. The number of carbonyl (C=O) groups is 1. The molecular formula is C62H122N2O6P+. The number of unbranched alkanes of at least 4 members (excludes halogenated alkanes) is 40. The third kappa shape index (κ3) is 56.3. The van der Waals surface area contributed by atoms with Crippen LogP contribution in [0.15, 0.2) is 36.5 Å². The molecule has 71 heavy (non-hydrogen) atoms. The van der Waals surface area contributed by atoms with Gasteiger partial charge in [-0.2, -0.15) is 0 Å². The molecule has 0 aromatic heterocycles. The minimum atomic E-state index is -4.36. The maximum Gasteiger partial charge on any atom is 0.472 e. The van der Waals surface area contributed by atoms with E-state index in [9.17, 15) is 19.4 Å². The van der Waals surface area contributed by atoms with Crippen LogP contribution in [0.1, 0.15) is 303 Å². The Hall–Kier alpha value is -1.28. The summed E-state index contributed by atoms with van der Waals surface area (Å²) in [6.45, 7) is 4.84. The van der Waals surface area contributed by atoms with E-state index in [0.717, 1.165) is 44.9 Å². The number of aliphatic hydroxyl groups is 1. The first-order valence-corrected chi connectivity index (χ1v) is 32.4. The molecule has 8 nitrogen and oxygen atoms in total. The Labute approximate surface area is 442 Å². The lowest BCUT2D eigenvalue weighted by Gasteiger charge is -2.25. The lowest BCUT2D eigenvalue weighted by molar-refractivity contribution is -0.870.